The summed E-state index contributed by atoms with van der Waals surface area (Å²) in [6, 6.07) is 17.4. The molecule has 7 amide bonds. The van der Waals surface area contributed by atoms with E-state index >= 15 is 0 Å². The molecule has 35 nitrogen and oxygen atoms in total. The van der Waals surface area contributed by atoms with Gasteiger partial charge in [-0.2, -0.15) is 0 Å². The summed E-state index contributed by atoms with van der Waals surface area (Å²) in [6.45, 7) is 19.0. The van der Waals surface area contributed by atoms with Gasteiger partial charge >= 0.3 is 12.1 Å². The molecule has 0 bridgehead atoms. The molecule has 0 unspecified atom stereocenters. The Hall–Kier alpha value is -9.89. The van der Waals surface area contributed by atoms with Crippen LogP contribution in [0, 0.1) is 12.8 Å². The Labute approximate surface area is 696 Å². The van der Waals surface area contributed by atoms with Gasteiger partial charge in [0.25, 0.3) is 5.56 Å². The van der Waals surface area contributed by atoms with Gasteiger partial charge in [0, 0.05) is 110 Å². The van der Waals surface area contributed by atoms with Crippen molar-refractivity contribution < 1.29 is 111 Å². The first-order valence-electron chi connectivity index (χ1n) is 40.9. The molecule has 35 heteroatoms. The molecule has 656 valence electrons. The molecule has 0 saturated carbocycles. The van der Waals surface area contributed by atoms with Gasteiger partial charge < -0.3 is 119 Å². The van der Waals surface area contributed by atoms with Crippen LogP contribution in [0.5, 0.6) is 5.75 Å². The standard InChI is InChI=1S/C85H117N11O24/c1-11-85(111)61-46-66-73-60(48-96(66)81(107)59(61)19-23-68(85)97)57(58-15-13-14-16-62(58)90-73)25-30-94(51(5)6)84(110)118-49-54-18-20-63(67(44-54)119-83-76(103)74(101)75(102)77(120-83)82(108)109)91-78(104)53(8)88-80(106)72(50(3)4)92-70(99)24-21-64(79(105)87-29-34-115-39-40-117-42-41-116-36-35-112-10)89-71(100)27-32-113-37-38-114-33-28-86-69(98)26-31-95-56(47-93(9)12-2)45-55-43-52(7)17-22-65(55)95/h13-18,20,22,43-46,50-51,53,64,72,74-77,83,101-103,111H,11-12,19,21,23-42,47-49H2,1-10H3,(H,86,98)(H,87,105)(H,88,106)(H,89,100)(H,91,104)(H,92,99)(H,108,109)/t53-,64-,72-,74-,75-,76+,77-,83+,85-/m0/s1. The van der Waals surface area contributed by atoms with Crippen LogP contribution in [-0.2, 0) is 121 Å². The Balaban J connectivity index is 0.788. The molecule has 9 atom stereocenters. The number of aryl methyl sites for hydroxylation is 2. The van der Waals surface area contributed by atoms with E-state index in [1.165, 1.54) is 30.0 Å². The molecule has 3 aromatic heterocycles. The van der Waals surface area contributed by atoms with E-state index in [9.17, 15) is 73.5 Å². The summed E-state index contributed by atoms with van der Waals surface area (Å²) in [6.07, 6.45) is -11.0. The number of nitrogens with one attached hydrogen (secondary N) is 6. The number of benzene rings is 3. The number of Topliss-reactive ketones (excluding diaryl/α,β-unsaturated/α-hetero) is 1. The quantitative estimate of drug-likeness (QED) is 0.0243. The fraction of sp³-hybridized carbons (Fsp3) is 0.565. The van der Waals surface area contributed by atoms with Crippen LogP contribution in [0.2, 0.25) is 0 Å². The number of methoxy groups -OCH3 is 1. The van der Waals surface area contributed by atoms with Crippen molar-refractivity contribution in [1.82, 2.24) is 50.5 Å². The average Bonchev–Trinajstić information content (AvgIpc) is 1.54. The van der Waals surface area contributed by atoms with Crippen LogP contribution < -0.4 is 42.2 Å². The molecule has 3 aliphatic rings. The molecular formula is C85H117N11O24. The number of aliphatic hydroxyl groups excluding tert-OH is 3. The van der Waals surface area contributed by atoms with Gasteiger partial charge in [0.2, 0.25) is 41.7 Å². The lowest BCUT2D eigenvalue weighted by molar-refractivity contribution is -0.271. The smallest absolute Gasteiger partial charge is 0.410 e. The van der Waals surface area contributed by atoms with Crippen molar-refractivity contribution in [2.75, 3.05) is 118 Å². The zero-order chi connectivity index (χ0) is 86.9. The first-order chi connectivity index (χ1) is 57.5. The number of para-hydroxylation sites is 1. The minimum Gasteiger partial charge on any atom is -0.479 e. The van der Waals surface area contributed by atoms with Crippen LogP contribution in [0.1, 0.15) is 126 Å². The van der Waals surface area contributed by atoms with Crippen LogP contribution in [0.15, 0.2) is 77.6 Å². The molecule has 1 saturated heterocycles. The molecule has 3 aromatic carbocycles. The molecule has 2 aliphatic heterocycles. The van der Waals surface area contributed by atoms with Crippen molar-refractivity contribution in [3.63, 3.8) is 0 Å². The fourth-order valence-corrected chi connectivity index (χ4v) is 14.5. The van der Waals surface area contributed by atoms with Crippen LogP contribution in [0.4, 0.5) is 10.5 Å². The third-order valence-electron chi connectivity index (χ3n) is 21.4. The van der Waals surface area contributed by atoms with Crippen molar-refractivity contribution in [1.29, 1.82) is 0 Å². The number of aliphatic carboxylic acids is 1. The lowest BCUT2D eigenvalue weighted by Gasteiger charge is -2.38. The van der Waals surface area contributed by atoms with Gasteiger partial charge in [-0.25, -0.2) is 14.6 Å². The first-order valence-corrected chi connectivity index (χ1v) is 40.9. The maximum atomic E-state index is 14.3. The number of pyridine rings is 2. The Morgan fingerprint density at radius 1 is 0.708 bits per heavy atom. The number of carboxylic acid groups (broad SMARTS) is 1. The number of aromatic nitrogens is 3. The average molecular weight is 1680 g/mol. The van der Waals surface area contributed by atoms with E-state index in [4.69, 9.17) is 47.6 Å². The van der Waals surface area contributed by atoms with Crippen LogP contribution >= 0.6 is 0 Å². The summed E-state index contributed by atoms with van der Waals surface area (Å²) in [7, 11) is 3.63. The van der Waals surface area contributed by atoms with Gasteiger partial charge in [-0.3, -0.25) is 38.4 Å². The molecule has 0 radical (unpaired) electrons. The van der Waals surface area contributed by atoms with Crippen molar-refractivity contribution in [2.24, 2.45) is 5.92 Å². The van der Waals surface area contributed by atoms with Crippen LogP contribution in [0.3, 0.4) is 0 Å². The zero-order valence-corrected chi connectivity index (χ0v) is 70.0. The monoisotopic (exact) mass is 1680 g/mol. The van der Waals surface area contributed by atoms with Gasteiger partial charge in [-0.05, 0) is 126 Å². The van der Waals surface area contributed by atoms with E-state index in [1.807, 2.05) is 24.3 Å². The van der Waals surface area contributed by atoms with Gasteiger partial charge in [0.05, 0.1) is 102 Å². The molecule has 6 aromatic rings. The predicted molar refractivity (Wildman–Crippen MR) is 439 cm³/mol. The summed E-state index contributed by atoms with van der Waals surface area (Å²) in [5.74, 6) is -6.63. The van der Waals surface area contributed by atoms with Crippen LogP contribution in [-0.4, -0.2) is 271 Å². The second-order valence-electron chi connectivity index (χ2n) is 30.7. The predicted octanol–water partition coefficient (Wildman–Crippen LogP) is 3.40. The molecule has 1 aliphatic carbocycles. The largest absolute Gasteiger partial charge is 0.479 e. The fourth-order valence-electron chi connectivity index (χ4n) is 14.5. The number of hydrogen-bond donors (Lipinski definition) is 11. The number of carbonyl (C=O) groups excluding carboxylic acids is 8. The van der Waals surface area contributed by atoms with Crippen LogP contribution in [0.25, 0.3) is 33.2 Å². The number of nitrogens with zero attached hydrogens (tertiary/aromatic N) is 5. The highest BCUT2D eigenvalue weighted by Gasteiger charge is 2.49. The van der Waals surface area contributed by atoms with Gasteiger partial charge in [0.15, 0.2) is 11.9 Å². The Morgan fingerprint density at radius 2 is 1.38 bits per heavy atom. The minimum absolute atomic E-state index is 0.0291. The molecule has 0 spiro atoms. The number of ether oxygens (including phenoxy) is 9. The van der Waals surface area contributed by atoms with Crippen molar-refractivity contribution in [2.45, 2.75) is 193 Å². The SMILES string of the molecule is CCN(C)Cc1cc2cc(C)ccc2n1CCC(=O)NCCOCCOCCC(=O)N[C@@H](CCC(=O)N[C@H](C(=O)N[C@@H](C)C(=O)Nc1ccc(COC(=O)N(CCc2c3c(nc4ccccc24)-c2cc4c(c(=O)n2C3)CCC(=O)[C@]4(O)CC)C(C)C)cc1O[C@@H]1O[C@H](C(=O)O)[C@@H](O)[C@H](O)[C@H]1O)C(C)C)C(=O)NCCOCCOCCOCCOC. The van der Waals surface area contributed by atoms with Crippen molar-refractivity contribution >= 4 is 80.8 Å². The normalized spacial score (nSPS) is 18.2. The number of carbonyl (C=O) groups is 9. The number of ketones is 1. The van der Waals surface area contributed by atoms with Gasteiger partial charge in [-0.1, -0.05) is 63.6 Å². The van der Waals surface area contributed by atoms with E-state index in [0.717, 1.165) is 51.8 Å². The summed E-state index contributed by atoms with van der Waals surface area (Å²) in [4.78, 5) is 145. The second kappa shape index (κ2) is 45.1. The number of anilines is 1. The number of hydrogen-bond acceptors (Lipinski definition) is 25. The highest BCUT2D eigenvalue weighted by Crippen LogP contribution is 2.41. The zero-order valence-electron chi connectivity index (χ0n) is 70.0. The number of fused-ring (bicyclic) bond motifs is 6. The maximum Gasteiger partial charge on any atom is 0.410 e. The second-order valence-corrected chi connectivity index (χ2v) is 30.7. The van der Waals surface area contributed by atoms with Gasteiger partial charge in [-0.15, -0.1) is 0 Å². The van der Waals surface area contributed by atoms with Crippen molar-refractivity contribution in [3.05, 3.63) is 122 Å². The van der Waals surface area contributed by atoms with E-state index in [2.05, 4.69) is 86.5 Å². The topological polar surface area (TPSA) is 456 Å². The number of carboxylic acids is 1. The summed E-state index contributed by atoms with van der Waals surface area (Å²) in [5.41, 5.74) is 5.11. The lowest BCUT2D eigenvalue weighted by atomic mass is 9.77. The first kappa shape index (κ1) is 94.0. The molecule has 120 heavy (non-hydrogen) atoms. The number of aliphatic hydroxyl groups is 4. The summed E-state index contributed by atoms with van der Waals surface area (Å²) >= 11 is 0. The molecule has 9 rings (SSSR count). The molecular weight excluding hydrogens is 1560 g/mol. The highest BCUT2D eigenvalue weighted by atomic mass is 16.7. The van der Waals surface area contributed by atoms with Crippen molar-refractivity contribution in [3.8, 4) is 17.1 Å². The van der Waals surface area contributed by atoms with Gasteiger partial charge in [0.1, 0.15) is 54.4 Å². The molecule has 11 N–H and O–H groups in total. The van der Waals surface area contributed by atoms with E-state index < -0.39 is 115 Å². The molecule has 5 heterocycles. The summed E-state index contributed by atoms with van der Waals surface area (Å²) in [5, 5.41) is 72.0. The number of amides is 7. The minimum atomic E-state index is -2.10. The summed E-state index contributed by atoms with van der Waals surface area (Å²) < 4.78 is 54.0. The van der Waals surface area contributed by atoms with E-state index in [1.54, 1.807) is 52.4 Å². The number of rotatable bonds is 48. The van der Waals surface area contributed by atoms with E-state index in [0.29, 0.717) is 55.4 Å². The van der Waals surface area contributed by atoms with E-state index in [-0.39, 0.29) is 164 Å². The Kier molecular flexibility index (Phi) is 35.3. The third-order valence-corrected chi connectivity index (χ3v) is 21.4. The Morgan fingerprint density at radius 3 is 2.06 bits per heavy atom. The maximum absolute atomic E-state index is 14.3. The third kappa shape index (κ3) is 24.9. The molecule has 1 fully saturated rings. The highest BCUT2D eigenvalue weighted by molar-refractivity contribution is 5.99. The Bertz CT molecular complexity index is 4610. The lowest BCUT2D eigenvalue weighted by Crippen LogP contribution is -2.61.